The Morgan fingerprint density at radius 1 is 1.04 bits per heavy atom. The molecule has 0 bridgehead atoms. The van der Waals surface area contributed by atoms with Crippen molar-refractivity contribution in [2.45, 2.75) is 19.8 Å². The maximum Gasteiger partial charge on any atom is 0.238 e. The normalized spacial score (nSPS) is 19.4. The van der Waals surface area contributed by atoms with E-state index >= 15 is 0 Å². The van der Waals surface area contributed by atoms with Crippen LogP contribution in [0, 0.1) is 5.92 Å². The molecule has 2 aliphatic rings. The molecule has 1 N–H and O–H groups in total. The van der Waals surface area contributed by atoms with Crippen molar-refractivity contribution in [3.05, 3.63) is 64.7 Å². The maximum absolute atomic E-state index is 12.8. The fourth-order valence-corrected chi connectivity index (χ4v) is 4.01. The number of likely N-dealkylation sites (tertiary alicyclic amines) is 1. The van der Waals surface area contributed by atoms with Crippen LogP contribution >= 0.6 is 0 Å². The average Bonchev–Trinajstić information content (AvgIpc) is 2.66. The highest BCUT2D eigenvalue weighted by Gasteiger charge is 2.29. The van der Waals surface area contributed by atoms with Gasteiger partial charge in [-0.05, 0) is 43.5 Å². The van der Waals surface area contributed by atoms with Gasteiger partial charge in [-0.15, -0.1) is 0 Å². The van der Waals surface area contributed by atoms with Crippen molar-refractivity contribution in [3.63, 3.8) is 0 Å². The van der Waals surface area contributed by atoms with Crippen LogP contribution in [0.4, 0.5) is 5.69 Å². The number of nitrogens with zero attached hydrogens (tertiary/aromatic N) is 1. The van der Waals surface area contributed by atoms with Gasteiger partial charge in [0.2, 0.25) is 5.91 Å². The smallest absolute Gasteiger partial charge is 0.238 e. The summed E-state index contributed by atoms with van der Waals surface area (Å²) in [6.07, 6.45) is 2.32. The lowest BCUT2D eigenvalue weighted by Crippen LogP contribution is -2.39. The molecule has 1 atom stereocenters. The Labute approximate surface area is 158 Å². The van der Waals surface area contributed by atoms with Crippen LogP contribution < -0.4 is 5.32 Å². The van der Waals surface area contributed by atoms with Crippen LogP contribution in [-0.4, -0.2) is 42.0 Å². The van der Waals surface area contributed by atoms with Gasteiger partial charge in [0.05, 0.1) is 6.54 Å². The van der Waals surface area contributed by atoms with Crippen molar-refractivity contribution in [1.82, 2.24) is 4.90 Å². The van der Waals surface area contributed by atoms with E-state index in [9.17, 15) is 14.4 Å². The van der Waals surface area contributed by atoms with E-state index in [1.54, 1.807) is 42.5 Å². The molecule has 1 unspecified atom stereocenters. The first kappa shape index (κ1) is 17.6. The number of hydrogen-bond acceptors (Lipinski definition) is 4. The molecule has 0 aromatic heterocycles. The number of anilines is 1. The molecule has 0 radical (unpaired) electrons. The van der Waals surface area contributed by atoms with Crippen molar-refractivity contribution in [2.75, 3.05) is 25.0 Å². The van der Waals surface area contributed by atoms with Crippen LogP contribution in [0.3, 0.4) is 0 Å². The number of carbonyl (C=O) groups is 3. The molecule has 4 rings (SSSR count). The number of fused-ring (bicyclic) bond motifs is 2. The number of hydrogen-bond donors (Lipinski definition) is 1. The number of carbonyl (C=O) groups excluding carboxylic acids is 3. The lowest BCUT2D eigenvalue weighted by molar-refractivity contribution is -0.117. The second-order valence-corrected chi connectivity index (χ2v) is 7.49. The fourth-order valence-electron chi connectivity index (χ4n) is 4.01. The summed E-state index contributed by atoms with van der Waals surface area (Å²) in [5.74, 6) is 0.180. The molecule has 27 heavy (non-hydrogen) atoms. The Hall–Kier alpha value is -2.79. The molecule has 1 aliphatic carbocycles. The van der Waals surface area contributed by atoms with Crippen molar-refractivity contribution in [1.29, 1.82) is 0 Å². The Morgan fingerprint density at radius 2 is 1.70 bits per heavy atom. The Balaban J connectivity index is 1.52. The van der Waals surface area contributed by atoms with E-state index in [0.29, 0.717) is 40.4 Å². The molecule has 0 spiro atoms. The highest BCUT2D eigenvalue weighted by Crippen LogP contribution is 2.29. The predicted molar refractivity (Wildman–Crippen MR) is 103 cm³/mol. The summed E-state index contributed by atoms with van der Waals surface area (Å²) in [5.41, 5.74) is 2.14. The van der Waals surface area contributed by atoms with E-state index < -0.39 is 0 Å². The van der Waals surface area contributed by atoms with Gasteiger partial charge in [-0.3, -0.25) is 19.3 Å². The van der Waals surface area contributed by atoms with Gasteiger partial charge in [-0.2, -0.15) is 0 Å². The average molecular weight is 362 g/mol. The molecule has 0 saturated carbocycles. The summed E-state index contributed by atoms with van der Waals surface area (Å²) >= 11 is 0. The van der Waals surface area contributed by atoms with Crippen LogP contribution in [0.5, 0.6) is 0 Å². The Morgan fingerprint density at radius 3 is 2.41 bits per heavy atom. The summed E-state index contributed by atoms with van der Waals surface area (Å²) in [5, 5.41) is 2.87. The van der Waals surface area contributed by atoms with Gasteiger partial charge in [0.15, 0.2) is 11.6 Å². The van der Waals surface area contributed by atoms with Gasteiger partial charge in [0.1, 0.15) is 0 Å². The first-order chi connectivity index (χ1) is 13.0. The van der Waals surface area contributed by atoms with Crippen molar-refractivity contribution < 1.29 is 14.4 Å². The molecule has 2 aromatic carbocycles. The topological polar surface area (TPSA) is 66.5 Å². The number of ketones is 2. The summed E-state index contributed by atoms with van der Waals surface area (Å²) in [6, 6.07) is 11.8. The van der Waals surface area contributed by atoms with Gasteiger partial charge in [0.25, 0.3) is 0 Å². The molecular formula is C22H22N2O3. The predicted octanol–water partition coefficient (Wildman–Crippen LogP) is 3.13. The number of benzene rings is 2. The standard InChI is InChI=1S/C22H22N2O3/c1-14-5-4-10-24(12-14)13-20(25)23-15-8-9-18-19(11-15)22(27)17-7-3-2-6-16(17)21(18)26/h2-3,6-9,11,14H,4-5,10,12-13H2,1H3,(H,23,25). The minimum Gasteiger partial charge on any atom is -0.325 e. The van der Waals surface area contributed by atoms with Crippen LogP contribution in [0.25, 0.3) is 0 Å². The minimum absolute atomic E-state index is 0.0981. The molecule has 1 heterocycles. The van der Waals surface area contributed by atoms with E-state index in [2.05, 4.69) is 17.1 Å². The van der Waals surface area contributed by atoms with Crippen LogP contribution in [-0.2, 0) is 4.79 Å². The largest absolute Gasteiger partial charge is 0.325 e. The van der Waals surface area contributed by atoms with Crippen molar-refractivity contribution in [2.24, 2.45) is 5.92 Å². The van der Waals surface area contributed by atoms with E-state index in [0.717, 1.165) is 19.5 Å². The summed E-state index contributed by atoms with van der Waals surface area (Å²) in [4.78, 5) is 40.0. The molecular weight excluding hydrogens is 340 g/mol. The second kappa shape index (κ2) is 7.08. The quantitative estimate of drug-likeness (QED) is 0.777. The monoisotopic (exact) mass is 362 g/mol. The minimum atomic E-state index is -0.179. The maximum atomic E-state index is 12.8. The fraction of sp³-hybridized carbons (Fsp3) is 0.318. The zero-order valence-corrected chi connectivity index (χ0v) is 15.3. The molecule has 138 valence electrons. The summed E-state index contributed by atoms with van der Waals surface area (Å²) in [6.45, 7) is 4.41. The Kier molecular flexibility index (Phi) is 4.62. The van der Waals surface area contributed by atoms with Gasteiger partial charge < -0.3 is 5.32 Å². The molecule has 5 nitrogen and oxygen atoms in total. The van der Waals surface area contributed by atoms with Crippen LogP contribution in [0.2, 0.25) is 0 Å². The van der Waals surface area contributed by atoms with Gasteiger partial charge in [0, 0.05) is 34.5 Å². The zero-order valence-electron chi connectivity index (χ0n) is 15.3. The van der Waals surface area contributed by atoms with Gasteiger partial charge >= 0.3 is 0 Å². The number of piperidine rings is 1. The zero-order chi connectivity index (χ0) is 19.0. The second-order valence-electron chi connectivity index (χ2n) is 7.49. The lowest BCUT2D eigenvalue weighted by Gasteiger charge is -2.30. The van der Waals surface area contributed by atoms with Crippen LogP contribution in [0.15, 0.2) is 42.5 Å². The van der Waals surface area contributed by atoms with E-state index in [4.69, 9.17) is 0 Å². The molecule has 1 fully saturated rings. The van der Waals surface area contributed by atoms with Crippen molar-refractivity contribution in [3.8, 4) is 0 Å². The Bertz CT molecular complexity index is 935. The number of rotatable bonds is 3. The molecule has 1 aliphatic heterocycles. The highest BCUT2D eigenvalue weighted by molar-refractivity contribution is 6.28. The van der Waals surface area contributed by atoms with Crippen LogP contribution in [0.1, 0.15) is 51.6 Å². The van der Waals surface area contributed by atoms with Gasteiger partial charge in [-0.1, -0.05) is 31.2 Å². The highest BCUT2D eigenvalue weighted by atomic mass is 16.2. The first-order valence-corrected chi connectivity index (χ1v) is 9.37. The lowest BCUT2D eigenvalue weighted by atomic mass is 9.84. The molecule has 2 aromatic rings. The third-order valence-corrected chi connectivity index (χ3v) is 5.32. The third kappa shape index (κ3) is 3.43. The van der Waals surface area contributed by atoms with E-state index in [1.807, 2.05) is 0 Å². The van der Waals surface area contributed by atoms with E-state index in [1.165, 1.54) is 6.42 Å². The van der Waals surface area contributed by atoms with Gasteiger partial charge in [-0.25, -0.2) is 0 Å². The van der Waals surface area contributed by atoms with E-state index in [-0.39, 0.29) is 17.5 Å². The SMILES string of the molecule is CC1CCCN(CC(=O)Nc2ccc3c(c2)C(=O)c2ccccc2C3=O)C1. The molecule has 1 saturated heterocycles. The van der Waals surface area contributed by atoms with Crippen molar-refractivity contribution >= 4 is 23.2 Å². The summed E-state index contributed by atoms with van der Waals surface area (Å²) < 4.78 is 0. The number of amides is 1. The molecule has 1 amide bonds. The third-order valence-electron chi connectivity index (χ3n) is 5.32. The first-order valence-electron chi connectivity index (χ1n) is 9.37. The number of nitrogens with one attached hydrogen (secondary N) is 1. The molecule has 5 heteroatoms. The summed E-state index contributed by atoms with van der Waals surface area (Å²) in [7, 11) is 0.